The standard InChI is InChI=1S/C64H40N2OS/c1-2-13-46(14-3-1)66-58-38-31-45(40-57(58)62-50-15-5-4-12-42(50)30-39-59(62)66)41-24-32-47(33-25-41)65(48-34-26-43(27-35-48)51-18-10-20-55-53-16-6-8-22-60(53)67-63(51)55)49-36-28-44(29-37-49)52-19-11-21-56-54-17-7-9-23-61(54)68-64(52)56/h1-40H. The van der Waals surface area contributed by atoms with E-state index < -0.39 is 0 Å². The number of benzene rings is 11. The van der Waals surface area contributed by atoms with E-state index in [0.717, 1.165) is 61.4 Å². The van der Waals surface area contributed by atoms with E-state index in [1.54, 1.807) is 0 Å². The molecule has 0 atom stereocenters. The molecule has 0 aliphatic carbocycles. The van der Waals surface area contributed by atoms with Gasteiger partial charge in [0.05, 0.1) is 11.0 Å². The number of furan rings is 1. The molecule has 14 aromatic rings. The Balaban J connectivity index is 0.877. The molecule has 0 unspecified atom stereocenters. The molecule has 0 amide bonds. The van der Waals surface area contributed by atoms with E-state index in [-0.39, 0.29) is 0 Å². The summed E-state index contributed by atoms with van der Waals surface area (Å²) in [6.07, 6.45) is 0. The van der Waals surface area contributed by atoms with E-state index in [9.17, 15) is 0 Å². The summed E-state index contributed by atoms with van der Waals surface area (Å²) in [6.45, 7) is 0. The molecule has 0 radical (unpaired) electrons. The summed E-state index contributed by atoms with van der Waals surface area (Å²) < 4.78 is 11.5. The monoisotopic (exact) mass is 884 g/mol. The molecule has 0 spiro atoms. The lowest BCUT2D eigenvalue weighted by molar-refractivity contribution is 0.670. The Morgan fingerprint density at radius 3 is 1.71 bits per heavy atom. The summed E-state index contributed by atoms with van der Waals surface area (Å²) >= 11 is 1.87. The molecule has 318 valence electrons. The highest BCUT2D eigenvalue weighted by Crippen LogP contribution is 2.44. The second-order valence-electron chi connectivity index (χ2n) is 17.6. The van der Waals surface area contributed by atoms with Gasteiger partial charge in [0, 0.05) is 70.0 Å². The van der Waals surface area contributed by atoms with Gasteiger partial charge in [0.25, 0.3) is 0 Å². The number of nitrogens with zero attached hydrogens (tertiary/aromatic N) is 2. The lowest BCUT2D eigenvalue weighted by atomic mass is 9.99. The van der Waals surface area contributed by atoms with Gasteiger partial charge in [-0.3, -0.25) is 0 Å². The van der Waals surface area contributed by atoms with Crippen LogP contribution in [0.25, 0.3) is 114 Å². The number of rotatable bonds is 7. The number of aromatic nitrogens is 1. The molecule has 0 N–H and O–H groups in total. The van der Waals surface area contributed by atoms with E-state index in [1.165, 1.54) is 69.4 Å². The molecule has 68 heavy (non-hydrogen) atoms. The SMILES string of the molecule is c1ccc(-n2c3ccc(-c4ccc(N(c5ccc(-c6cccc7c6oc6ccccc67)cc5)c5ccc(-c6cccc7c6sc6ccccc67)cc5)cc4)cc3c3c4ccccc4ccc32)cc1. The quantitative estimate of drug-likeness (QED) is 0.159. The zero-order chi connectivity index (χ0) is 44.7. The van der Waals surface area contributed by atoms with E-state index in [0.29, 0.717) is 0 Å². The van der Waals surface area contributed by atoms with Crippen molar-refractivity contribution in [3.63, 3.8) is 0 Å². The summed E-state index contributed by atoms with van der Waals surface area (Å²) in [5.74, 6) is 0. The van der Waals surface area contributed by atoms with Crippen molar-refractivity contribution in [2.45, 2.75) is 0 Å². The predicted octanol–water partition coefficient (Wildman–Crippen LogP) is 18.7. The van der Waals surface area contributed by atoms with Gasteiger partial charge in [-0.15, -0.1) is 11.3 Å². The summed E-state index contributed by atoms with van der Waals surface area (Å²) in [5.41, 5.74) is 15.6. The average molecular weight is 885 g/mol. The Morgan fingerprint density at radius 2 is 0.941 bits per heavy atom. The van der Waals surface area contributed by atoms with Crippen LogP contribution in [0.15, 0.2) is 247 Å². The van der Waals surface area contributed by atoms with Gasteiger partial charge in [-0.1, -0.05) is 164 Å². The number of hydrogen-bond acceptors (Lipinski definition) is 3. The Hall–Kier alpha value is -8.70. The molecular weight excluding hydrogens is 845 g/mol. The van der Waals surface area contributed by atoms with E-state index in [4.69, 9.17) is 4.42 Å². The minimum absolute atomic E-state index is 0.903. The fourth-order valence-corrected chi connectivity index (χ4v) is 11.8. The van der Waals surface area contributed by atoms with Crippen LogP contribution in [0, 0.1) is 0 Å². The number of thiophene rings is 1. The van der Waals surface area contributed by atoms with E-state index in [1.807, 2.05) is 23.5 Å². The molecule has 0 aliphatic rings. The zero-order valence-electron chi connectivity index (χ0n) is 36.8. The van der Waals surface area contributed by atoms with Gasteiger partial charge in [-0.05, 0) is 117 Å². The van der Waals surface area contributed by atoms with Crippen LogP contribution >= 0.6 is 11.3 Å². The number of anilines is 3. The molecule has 11 aromatic carbocycles. The van der Waals surface area contributed by atoms with Crippen LogP contribution in [0.2, 0.25) is 0 Å². The maximum absolute atomic E-state index is 6.47. The molecule has 0 saturated heterocycles. The van der Waals surface area contributed by atoms with Crippen LogP contribution in [0.3, 0.4) is 0 Å². The van der Waals surface area contributed by atoms with Gasteiger partial charge in [0.1, 0.15) is 11.2 Å². The lowest BCUT2D eigenvalue weighted by Gasteiger charge is -2.26. The van der Waals surface area contributed by atoms with Crippen molar-refractivity contribution in [1.82, 2.24) is 4.57 Å². The molecule has 14 rings (SSSR count). The Morgan fingerprint density at radius 1 is 0.368 bits per heavy atom. The van der Waals surface area contributed by atoms with Crippen molar-refractivity contribution in [3.05, 3.63) is 243 Å². The highest BCUT2D eigenvalue weighted by molar-refractivity contribution is 7.26. The summed E-state index contributed by atoms with van der Waals surface area (Å²) in [4.78, 5) is 2.36. The van der Waals surface area contributed by atoms with Gasteiger partial charge < -0.3 is 13.9 Å². The summed E-state index contributed by atoms with van der Waals surface area (Å²) in [5, 5.41) is 9.91. The van der Waals surface area contributed by atoms with Crippen molar-refractivity contribution in [2.75, 3.05) is 4.90 Å². The molecule has 3 heterocycles. The number of fused-ring (bicyclic) bond motifs is 11. The van der Waals surface area contributed by atoms with Crippen molar-refractivity contribution in [2.24, 2.45) is 0 Å². The van der Waals surface area contributed by atoms with Gasteiger partial charge >= 0.3 is 0 Å². The van der Waals surface area contributed by atoms with Crippen LogP contribution in [0.4, 0.5) is 17.1 Å². The van der Waals surface area contributed by atoms with E-state index >= 15 is 0 Å². The fraction of sp³-hybridized carbons (Fsp3) is 0. The van der Waals surface area contributed by atoms with Crippen LogP contribution in [0.1, 0.15) is 0 Å². The molecule has 3 nitrogen and oxygen atoms in total. The second-order valence-corrected chi connectivity index (χ2v) is 18.7. The molecular formula is C64H40N2OS. The maximum atomic E-state index is 6.47. The maximum Gasteiger partial charge on any atom is 0.143 e. The third kappa shape index (κ3) is 6.12. The van der Waals surface area contributed by atoms with Crippen molar-refractivity contribution in [1.29, 1.82) is 0 Å². The molecule has 0 fully saturated rings. The van der Waals surface area contributed by atoms with Crippen molar-refractivity contribution >= 4 is 103 Å². The molecule has 0 bridgehead atoms. The Kier molecular flexibility index (Phi) is 8.76. The van der Waals surface area contributed by atoms with Crippen LogP contribution < -0.4 is 4.90 Å². The molecule has 0 aliphatic heterocycles. The third-order valence-corrected chi connectivity index (χ3v) is 15.0. The first-order valence-corrected chi connectivity index (χ1v) is 24.0. The van der Waals surface area contributed by atoms with Crippen molar-refractivity contribution < 1.29 is 4.42 Å². The van der Waals surface area contributed by atoms with Gasteiger partial charge in [0.2, 0.25) is 0 Å². The predicted molar refractivity (Wildman–Crippen MR) is 289 cm³/mol. The first kappa shape index (κ1) is 38.6. The third-order valence-electron chi connectivity index (χ3n) is 13.8. The summed E-state index contributed by atoms with van der Waals surface area (Å²) in [7, 11) is 0. The first-order valence-electron chi connectivity index (χ1n) is 23.2. The Bertz CT molecular complexity index is 4080. The lowest BCUT2D eigenvalue weighted by Crippen LogP contribution is -2.09. The smallest absolute Gasteiger partial charge is 0.143 e. The molecule has 4 heteroatoms. The van der Waals surface area contributed by atoms with Gasteiger partial charge in [-0.2, -0.15) is 0 Å². The highest BCUT2D eigenvalue weighted by atomic mass is 32.1. The minimum atomic E-state index is 0.903. The minimum Gasteiger partial charge on any atom is -0.455 e. The Labute approximate surface area is 396 Å². The van der Waals surface area contributed by atoms with Crippen LogP contribution in [-0.4, -0.2) is 4.57 Å². The van der Waals surface area contributed by atoms with E-state index in [2.05, 4.69) is 240 Å². The normalized spacial score (nSPS) is 11.8. The second kappa shape index (κ2) is 15.5. The fourth-order valence-electron chi connectivity index (χ4n) is 10.6. The molecule has 0 saturated carbocycles. The summed E-state index contributed by atoms with van der Waals surface area (Å²) in [6, 6.07) is 88.1. The number of para-hydroxylation sites is 3. The first-order chi connectivity index (χ1) is 33.7. The largest absolute Gasteiger partial charge is 0.455 e. The number of hydrogen-bond donors (Lipinski definition) is 0. The van der Waals surface area contributed by atoms with Crippen LogP contribution in [-0.2, 0) is 0 Å². The average Bonchev–Trinajstić information content (AvgIpc) is 4.09. The highest BCUT2D eigenvalue weighted by Gasteiger charge is 2.19. The van der Waals surface area contributed by atoms with Crippen molar-refractivity contribution in [3.8, 4) is 39.1 Å². The zero-order valence-corrected chi connectivity index (χ0v) is 37.6. The van der Waals surface area contributed by atoms with Crippen LogP contribution in [0.5, 0.6) is 0 Å². The van der Waals surface area contributed by atoms with Gasteiger partial charge in [-0.25, -0.2) is 0 Å². The molecule has 3 aromatic heterocycles. The topological polar surface area (TPSA) is 21.3 Å². The van der Waals surface area contributed by atoms with Gasteiger partial charge in [0.15, 0.2) is 0 Å².